The molecule has 1 heterocycles. The van der Waals surface area contributed by atoms with Crippen LogP contribution in [0.3, 0.4) is 0 Å². The molecule has 0 atom stereocenters. The average Bonchev–Trinajstić information content (AvgIpc) is 2.57. The number of hydrogen-bond donors (Lipinski definition) is 0. The molecule has 0 N–H and O–H groups in total. The lowest BCUT2D eigenvalue weighted by Gasteiger charge is -2.06. The van der Waals surface area contributed by atoms with Crippen molar-refractivity contribution in [3.63, 3.8) is 0 Å². The fourth-order valence-corrected chi connectivity index (χ4v) is 2.37. The molecule has 0 aliphatic rings. The number of benzene rings is 1. The Bertz CT molecular complexity index is 522. The Morgan fingerprint density at radius 2 is 2.18 bits per heavy atom. The van der Waals surface area contributed by atoms with E-state index in [0.29, 0.717) is 20.7 Å². The van der Waals surface area contributed by atoms with Gasteiger partial charge in [-0.2, -0.15) is 4.39 Å². The number of nitrogens with zero attached hydrogens (tertiary/aromatic N) is 1. The van der Waals surface area contributed by atoms with Crippen molar-refractivity contribution in [2.75, 3.05) is 0 Å². The van der Waals surface area contributed by atoms with Crippen molar-refractivity contribution in [1.29, 1.82) is 0 Å². The van der Waals surface area contributed by atoms with Crippen LogP contribution in [-0.4, -0.2) is 4.98 Å². The molecule has 90 valence electrons. The number of aryl methyl sites for hydroxylation is 2. The number of hydrogen-bond acceptors (Lipinski definition) is 3. The summed E-state index contributed by atoms with van der Waals surface area (Å²) in [4.78, 5) is 4.32. The molecule has 2 aromatic rings. The van der Waals surface area contributed by atoms with Crippen LogP contribution in [0.5, 0.6) is 5.75 Å². The molecule has 0 spiro atoms. The van der Waals surface area contributed by atoms with E-state index in [1.807, 2.05) is 19.1 Å². The second-order valence-electron chi connectivity index (χ2n) is 3.68. The number of rotatable bonds is 3. The number of ether oxygens (including phenoxy) is 1. The van der Waals surface area contributed by atoms with E-state index in [0.717, 1.165) is 5.56 Å². The molecule has 0 saturated heterocycles. The zero-order chi connectivity index (χ0) is 12.4. The van der Waals surface area contributed by atoms with Gasteiger partial charge in [0.15, 0.2) is 0 Å². The Balaban J connectivity index is 2.07. The standard InChI is InChI=1S/C12H11ClFNOS/c1-7-3-4-10(9(13)5-7)16-6-11-15-12(14)8(2)17-11/h3-5H,6H2,1-2H3. The van der Waals surface area contributed by atoms with Gasteiger partial charge in [-0.1, -0.05) is 17.7 Å². The third kappa shape index (κ3) is 2.96. The van der Waals surface area contributed by atoms with E-state index in [1.165, 1.54) is 11.3 Å². The van der Waals surface area contributed by atoms with Gasteiger partial charge in [0, 0.05) is 0 Å². The fraction of sp³-hybridized carbons (Fsp3) is 0.250. The zero-order valence-corrected chi connectivity index (χ0v) is 11.0. The summed E-state index contributed by atoms with van der Waals surface area (Å²) in [6.45, 7) is 3.88. The lowest BCUT2D eigenvalue weighted by Crippen LogP contribution is -1.95. The van der Waals surface area contributed by atoms with Crippen LogP contribution in [0.4, 0.5) is 4.39 Å². The van der Waals surface area contributed by atoms with Crippen molar-refractivity contribution in [1.82, 2.24) is 4.98 Å². The number of thiazole rings is 1. The minimum absolute atomic E-state index is 0.234. The minimum atomic E-state index is -0.427. The Labute approximate surface area is 108 Å². The van der Waals surface area contributed by atoms with Gasteiger partial charge in [0.05, 0.1) is 9.90 Å². The molecule has 1 aromatic carbocycles. The summed E-state index contributed by atoms with van der Waals surface area (Å²) in [5.41, 5.74) is 1.07. The topological polar surface area (TPSA) is 22.1 Å². The molecule has 0 radical (unpaired) electrons. The first-order valence-electron chi connectivity index (χ1n) is 5.07. The molecule has 1 aromatic heterocycles. The van der Waals surface area contributed by atoms with Crippen LogP contribution in [0.1, 0.15) is 15.4 Å². The summed E-state index contributed by atoms with van der Waals surface area (Å²) in [5, 5.41) is 1.16. The second-order valence-corrected chi connectivity index (χ2v) is 5.37. The van der Waals surface area contributed by atoms with E-state index < -0.39 is 5.95 Å². The molecule has 0 aliphatic heterocycles. The third-order valence-electron chi connectivity index (χ3n) is 2.22. The maximum absolute atomic E-state index is 13.0. The van der Waals surface area contributed by atoms with Gasteiger partial charge >= 0.3 is 0 Å². The van der Waals surface area contributed by atoms with Gasteiger partial charge in [0.2, 0.25) is 5.95 Å². The molecule has 0 saturated carbocycles. The van der Waals surface area contributed by atoms with Gasteiger partial charge in [0.25, 0.3) is 0 Å². The first kappa shape index (κ1) is 12.3. The predicted octanol–water partition coefficient (Wildman–Crippen LogP) is 4.13. The van der Waals surface area contributed by atoms with Gasteiger partial charge in [-0.05, 0) is 31.5 Å². The van der Waals surface area contributed by atoms with Gasteiger partial charge in [-0.25, -0.2) is 4.98 Å². The van der Waals surface area contributed by atoms with Gasteiger partial charge in [-0.15, -0.1) is 11.3 Å². The fourth-order valence-electron chi connectivity index (χ4n) is 1.35. The van der Waals surface area contributed by atoms with E-state index in [-0.39, 0.29) is 6.61 Å². The molecule has 17 heavy (non-hydrogen) atoms. The van der Waals surface area contributed by atoms with E-state index in [2.05, 4.69) is 4.98 Å². The first-order valence-corrected chi connectivity index (χ1v) is 6.26. The van der Waals surface area contributed by atoms with Crippen molar-refractivity contribution in [3.05, 3.63) is 44.6 Å². The lowest BCUT2D eigenvalue weighted by atomic mass is 10.2. The van der Waals surface area contributed by atoms with Crippen molar-refractivity contribution in [2.24, 2.45) is 0 Å². The summed E-state index contributed by atoms with van der Waals surface area (Å²) in [7, 11) is 0. The van der Waals surface area contributed by atoms with Crippen molar-refractivity contribution in [2.45, 2.75) is 20.5 Å². The largest absolute Gasteiger partial charge is 0.485 e. The molecule has 5 heteroatoms. The summed E-state index contributed by atoms with van der Waals surface area (Å²) >= 11 is 7.30. The van der Waals surface area contributed by atoms with E-state index in [4.69, 9.17) is 16.3 Å². The summed E-state index contributed by atoms with van der Waals surface area (Å²) in [5.74, 6) is 0.161. The van der Waals surface area contributed by atoms with Crippen LogP contribution < -0.4 is 4.74 Å². The lowest BCUT2D eigenvalue weighted by molar-refractivity contribution is 0.304. The Hall–Kier alpha value is -1.13. The summed E-state index contributed by atoms with van der Waals surface area (Å²) in [6.07, 6.45) is 0. The highest BCUT2D eigenvalue weighted by atomic mass is 35.5. The minimum Gasteiger partial charge on any atom is -0.485 e. The SMILES string of the molecule is Cc1ccc(OCc2nc(F)c(C)s2)c(Cl)c1. The molecule has 2 rings (SSSR count). The highest BCUT2D eigenvalue weighted by Crippen LogP contribution is 2.26. The normalized spacial score (nSPS) is 10.6. The van der Waals surface area contributed by atoms with Gasteiger partial charge in [-0.3, -0.25) is 0 Å². The third-order valence-corrected chi connectivity index (χ3v) is 3.44. The molecule has 0 fully saturated rings. The summed E-state index contributed by atoms with van der Waals surface area (Å²) in [6, 6.07) is 5.54. The summed E-state index contributed by atoms with van der Waals surface area (Å²) < 4.78 is 18.5. The maximum Gasteiger partial charge on any atom is 0.226 e. The maximum atomic E-state index is 13.0. The molecule has 0 bridgehead atoms. The van der Waals surface area contributed by atoms with E-state index in [1.54, 1.807) is 13.0 Å². The predicted molar refractivity (Wildman–Crippen MR) is 67.3 cm³/mol. The molecular formula is C12H11ClFNOS. The second kappa shape index (κ2) is 5.02. The van der Waals surface area contributed by atoms with E-state index >= 15 is 0 Å². The van der Waals surface area contributed by atoms with Gasteiger partial charge < -0.3 is 4.74 Å². The Kier molecular flexibility index (Phi) is 3.64. The highest BCUT2D eigenvalue weighted by molar-refractivity contribution is 7.11. The molecular weight excluding hydrogens is 261 g/mol. The van der Waals surface area contributed by atoms with Crippen LogP contribution in [0, 0.1) is 19.8 Å². The van der Waals surface area contributed by atoms with Crippen LogP contribution in [-0.2, 0) is 6.61 Å². The van der Waals surface area contributed by atoms with Crippen LogP contribution in [0.2, 0.25) is 5.02 Å². The van der Waals surface area contributed by atoms with Crippen LogP contribution in [0.25, 0.3) is 0 Å². The molecule has 2 nitrogen and oxygen atoms in total. The quantitative estimate of drug-likeness (QED) is 0.837. The molecule has 0 unspecified atom stereocenters. The number of aromatic nitrogens is 1. The van der Waals surface area contributed by atoms with Crippen LogP contribution >= 0.6 is 22.9 Å². The smallest absolute Gasteiger partial charge is 0.226 e. The Morgan fingerprint density at radius 3 is 2.76 bits per heavy atom. The van der Waals surface area contributed by atoms with Crippen LogP contribution in [0.15, 0.2) is 18.2 Å². The highest BCUT2D eigenvalue weighted by Gasteiger charge is 2.08. The Morgan fingerprint density at radius 1 is 1.41 bits per heavy atom. The zero-order valence-electron chi connectivity index (χ0n) is 9.46. The molecule has 0 amide bonds. The van der Waals surface area contributed by atoms with Crippen molar-refractivity contribution < 1.29 is 9.13 Å². The van der Waals surface area contributed by atoms with Crippen molar-refractivity contribution in [3.8, 4) is 5.75 Å². The van der Waals surface area contributed by atoms with E-state index in [9.17, 15) is 4.39 Å². The van der Waals surface area contributed by atoms with Gasteiger partial charge in [0.1, 0.15) is 17.4 Å². The first-order chi connectivity index (χ1) is 8.06. The average molecular weight is 272 g/mol. The monoisotopic (exact) mass is 271 g/mol. The number of halogens is 2. The van der Waals surface area contributed by atoms with Crippen molar-refractivity contribution >= 4 is 22.9 Å². The molecule has 0 aliphatic carbocycles.